The number of anilines is 1. The lowest BCUT2D eigenvalue weighted by Crippen LogP contribution is -2.15. The fourth-order valence-electron chi connectivity index (χ4n) is 2.34. The molecule has 1 aromatic carbocycles. The molecule has 0 radical (unpaired) electrons. The molecule has 0 fully saturated rings. The highest BCUT2D eigenvalue weighted by Gasteiger charge is 2.15. The van der Waals surface area contributed by atoms with Crippen molar-refractivity contribution in [1.29, 1.82) is 0 Å². The van der Waals surface area contributed by atoms with Crippen LogP contribution in [0.1, 0.15) is 16.2 Å². The van der Waals surface area contributed by atoms with Gasteiger partial charge in [-0.1, -0.05) is 17.7 Å². The van der Waals surface area contributed by atoms with Gasteiger partial charge in [-0.05, 0) is 47.1 Å². The molecule has 1 N–H and O–H groups in total. The van der Waals surface area contributed by atoms with E-state index in [1.807, 2.05) is 38.4 Å². The van der Waals surface area contributed by atoms with Gasteiger partial charge in [-0.25, -0.2) is 4.68 Å². The van der Waals surface area contributed by atoms with E-state index in [2.05, 4.69) is 26.3 Å². The number of carbonyl (C=O) groups is 1. The minimum Gasteiger partial charge on any atom is -0.345 e. The van der Waals surface area contributed by atoms with Crippen LogP contribution in [0.15, 0.2) is 47.2 Å². The highest BCUT2D eigenvalue weighted by atomic mass is 79.9. The third-order valence-electron chi connectivity index (χ3n) is 3.51. The van der Waals surface area contributed by atoms with Crippen molar-refractivity contribution in [3.63, 3.8) is 0 Å². The summed E-state index contributed by atoms with van der Waals surface area (Å²) in [5.41, 5.74) is 2.89. The third kappa shape index (κ3) is 3.18. The SMILES string of the molecule is Cc1c(NC(=O)c2cc(Br)cn2C)cnn1-c1cccc(Cl)c1. The highest BCUT2D eigenvalue weighted by Crippen LogP contribution is 2.22. The van der Waals surface area contributed by atoms with E-state index in [1.165, 1.54) is 0 Å². The minimum atomic E-state index is -0.188. The fraction of sp³-hybridized carbons (Fsp3) is 0.125. The predicted octanol–water partition coefficient (Wildman–Crippen LogP) is 4.19. The molecule has 0 saturated heterocycles. The van der Waals surface area contributed by atoms with Crippen LogP contribution in [0, 0.1) is 6.92 Å². The lowest BCUT2D eigenvalue weighted by atomic mass is 10.3. The summed E-state index contributed by atoms with van der Waals surface area (Å²) in [6.45, 7) is 1.89. The van der Waals surface area contributed by atoms with Crippen LogP contribution in [0.25, 0.3) is 5.69 Å². The standard InChI is InChI=1S/C16H14BrClN4O/c1-10-14(20-16(23)15-6-11(17)9-21(15)2)8-19-22(10)13-5-3-4-12(18)7-13/h3-9H,1-2H3,(H,20,23). The molecule has 0 saturated carbocycles. The molecule has 0 spiro atoms. The summed E-state index contributed by atoms with van der Waals surface area (Å²) in [6.07, 6.45) is 3.46. The monoisotopic (exact) mass is 392 g/mol. The molecule has 0 bridgehead atoms. The Morgan fingerprint density at radius 2 is 2.13 bits per heavy atom. The van der Waals surface area contributed by atoms with Crippen molar-refractivity contribution in [2.75, 3.05) is 5.32 Å². The third-order valence-corrected chi connectivity index (χ3v) is 4.18. The smallest absolute Gasteiger partial charge is 0.272 e. The van der Waals surface area contributed by atoms with E-state index in [0.29, 0.717) is 16.4 Å². The van der Waals surface area contributed by atoms with Crippen LogP contribution in [-0.2, 0) is 7.05 Å². The van der Waals surface area contributed by atoms with Gasteiger partial charge in [0.05, 0.1) is 23.3 Å². The zero-order valence-corrected chi connectivity index (χ0v) is 14.9. The van der Waals surface area contributed by atoms with Gasteiger partial charge in [-0.2, -0.15) is 5.10 Å². The zero-order valence-electron chi connectivity index (χ0n) is 12.5. The van der Waals surface area contributed by atoms with Crippen molar-refractivity contribution in [3.05, 3.63) is 63.6 Å². The average molecular weight is 394 g/mol. The van der Waals surface area contributed by atoms with Crippen LogP contribution in [0.4, 0.5) is 5.69 Å². The summed E-state index contributed by atoms with van der Waals surface area (Å²) in [5.74, 6) is -0.188. The second-order valence-electron chi connectivity index (χ2n) is 5.14. The van der Waals surface area contributed by atoms with Gasteiger partial charge in [-0.3, -0.25) is 4.79 Å². The van der Waals surface area contributed by atoms with Gasteiger partial charge in [0, 0.05) is 22.7 Å². The van der Waals surface area contributed by atoms with Crippen LogP contribution in [0.5, 0.6) is 0 Å². The maximum absolute atomic E-state index is 12.4. The molecule has 0 aliphatic rings. The number of rotatable bonds is 3. The normalized spacial score (nSPS) is 10.8. The van der Waals surface area contributed by atoms with E-state index in [1.54, 1.807) is 27.6 Å². The van der Waals surface area contributed by atoms with E-state index >= 15 is 0 Å². The first-order valence-corrected chi connectivity index (χ1v) is 8.06. The number of hydrogen-bond donors (Lipinski definition) is 1. The Morgan fingerprint density at radius 1 is 1.35 bits per heavy atom. The van der Waals surface area contributed by atoms with Crippen molar-refractivity contribution in [1.82, 2.24) is 14.3 Å². The quantitative estimate of drug-likeness (QED) is 0.725. The van der Waals surface area contributed by atoms with Gasteiger partial charge in [-0.15, -0.1) is 0 Å². The summed E-state index contributed by atoms with van der Waals surface area (Å²) < 4.78 is 4.36. The first kappa shape index (κ1) is 15.8. The Labute approximate surface area is 147 Å². The van der Waals surface area contributed by atoms with Gasteiger partial charge in [0.2, 0.25) is 0 Å². The maximum atomic E-state index is 12.4. The van der Waals surface area contributed by atoms with Crippen LogP contribution in [0.3, 0.4) is 0 Å². The molecule has 23 heavy (non-hydrogen) atoms. The Bertz CT molecular complexity index is 884. The molecule has 3 aromatic rings. The zero-order chi connectivity index (χ0) is 16.6. The Kier molecular flexibility index (Phi) is 4.28. The molecule has 0 unspecified atom stereocenters. The molecule has 5 nitrogen and oxygen atoms in total. The number of halogens is 2. The molecule has 118 valence electrons. The lowest BCUT2D eigenvalue weighted by molar-refractivity contribution is 0.101. The second kappa shape index (κ2) is 6.22. The largest absolute Gasteiger partial charge is 0.345 e. The maximum Gasteiger partial charge on any atom is 0.272 e. The molecule has 2 heterocycles. The molecule has 0 aliphatic heterocycles. The van der Waals surface area contributed by atoms with Crippen molar-refractivity contribution in [2.45, 2.75) is 6.92 Å². The first-order valence-electron chi connectivity index (χ1n) is 6.89. The van der Waals surface area contributed by atoms with Gasteiger partial charge < -0.3 is 9.88 Å². The van der Waals surface area contributed by atoms with Crippen LogP contribution in [-0.4, -0.2) is 20.3 Å². The molecule has 3 rings (SSSR count). The van der Waals surface area contributed by atoms with Crippen molar-refractivity contribution >= 4 is 39.1 Å². The number of hydrogen-bond acceptors (Lipinski definition) is 2. The summed E-state index contributed by atoms with van der Waals surface area (Å²) in [4.78, 5) is 12.4. The van der Waals surface area contributed by atoms with Gasteiger partial charge in [0.15, 0.2) is 0 Å². The second-order valence-corrected chi connectivity index (χ2v) is 6.50. The summed E-state index contributed by atoms with van der Waals surface area (Å²) in [7, 11) is 1.82. The van der Waals surface area contributed by atoms with E-state index in [0.717, 1.165) is 15.9 Å². The number of benzene rings is 1. The molecule has 1 amide bonds. The number of nitrogens with one attached hydrogen (secondary N) is 1. The molecule has 2 aromatic heterocycles. The van der Waals surface area contributed by atoms with Crippen molar-refractivity contribution in [3.8, 4) is 5.69 Å². The molecular formula is C16H14BrClN4O. The number of nitrogens with zero attached hydrogens (tertiary/aromatic N) is 3. The number of amides is 1. The van der Waals surface area contributed by atoms with E-state index < -0.39 is 0 Å². The number of carbonyl (C=O) groups excluding carboxylic acids is 1. The summed E-state index contributed by atoms with van der Waals surface area (Å²) in [5, 5.41) is 7.85. The number of aromatic nitrogens is 3. The minimum absolute atomic E-state index is 0.188. The molecular weight excluding hydrogens is 380 g/mol. The average Bonchev–Trinajstić information content (AvgIpc) is 3.02. The van der Waals surface area contributed by atoms with Gasteiger partial charge in [0.1, 0.15) is 5.69 Å². The summed E-state index contributed by atoms with van der Waals surface area (Å²) in [6, 6.07) is 9.16. The Hall–Kier alpha value is -2.05. The predicted molar refractivity (Wildman–Crippen MR) is 94.4 cm³/mol. The Balaban J connectivity index is 1.88. The lowest BCUT2D eigenvalue weighted by Gasteiger charge is -2.07. The van der Waals surface area contributed by atoms with Crippen LogP contribution >= 0.6 is 27.5 Å². The van der Waals surface area contributed by atoms with Crippen molar-refractivity contribution < 1.29 is 4.79 Å². The van der Waals surface area contributed by atoms with Crippen LogP contribution < -0.4 is 5.32 Å². The van der Waals surface area contributed by atoms with Crippen molar-refractivity contribution in [2.24, 2.45) is 7.05 Å². The Morgan fingerprint density at radius 3 is 2.78 bits per heavy atom. The first-order chi connectivity index (χ1) is 11.0. The van der Waals surface area contributed by atoms with E-state index in [-0.39, 0.29) is 5.91 Å². The van der Waals surface area contributed by atoms with Gasteiger partial charge in [0.25, 0.3) is 5.91 Å². The number of aryl methyl sites for hydroxylation is 1. The molecule has 7 heteroatoms. The topological polar surface area (TPSA) is 51.9 Å². The fourth-order valence-corrected chi connectivity index (χ4v) is 3.05. The van der Waals surface area contributed by atoms with Crippen LogP contribution in [0.2, 0.25) is 5.02 Å². The summed E-state index contributed by atoms with van der Waals surface area (Å²) >= 11 is 9.38. The van der Waals surface area contributed by atoms with Gasteiger partial charge >= 0.3 is 0 Å². The molecule has 0 atom stereocenters. The molecule has 0 aliphatic carbocycles. The van der Waals surface area contributed by atoms with E-state index in [9.17, 15) is 4.79 Å². The van der Waals surface area contributed by atoms with E-state index in [4.69, 9.17) is 11.6 Å². The highest BCUT2D eigenvalue weighted by molar-refractivity contribution is 9.10.